The maximum absolute atomic E-state index is 12.7. The number of rotatable bonds is 4. The summed E-state index contributed by atoms with van der Waals surface area (Å²) in [6.45, 7) is 2.31. The summed E-state index contributed by atoms with van der Waals surface area (Å²) in [6, 6.07) is 15.5. The van der Waals surface area contributed by atoms with Gasteiger partial charge in [0, 0.05) is 38.2 Å². The van der Waals surface area contributed by atoms with E-state index in [4.69, 9.17) is 0 Å². The quantitative estimate of drug-likeness (QED) is 0.775. The van der Waals surface area contributed by atoms with Crippen LogP contribution in [0, 0.1) is 0 Å². The molecule has 138 valence electrons. The Morgan fingerprint density at radius 3 is 2.48 bits per heavy atom. The molecular weight excluding hydrogens is 340 g/mol. The molecule has 27 heavy (non-hydrogen) atoms. The molecule has 2 amide bonds. The molecule has 4 rings (SSSR count). The Labute approximate surface area is 157 Å². The van der Waals surface area contributed by atoms with Crippen LogP contribution in [0.5, 0.6) is 0 Å². The number of H-pyrrole nitrogens is 1. The van der Waals surface area contributed by atoms with E-state index in [-0.39, 0.29) is 11.8 Å². The first-order chi connectivity index (χ1) is 13.2. The van der Waals surface area contributed by atoms with Crippen molar-refractivity contribution in [3.63, 3.8) is 0 Å². The summed E-state index contributed by atoms with van der Waals surface area (Å²) in [4.78, 5) is 36.1. The highest BCUT2D eigenvalue weighted by molar-refractivity contribution is 5.97. The molecule has 0 spiro atoms. The normalized spacial score (nSPS) is 14.5. The van der Waals surface area contributed by atoms with E-state index in [1.165, 1.54) is 5.56 Å². The molecule has 1 aromatic heterocycles. The van der Waals surface area contributed by atoms with Crippen LogP contribution in [0.15, 0.2) is 54.9 Å². The van der Waals surface area contributed by atoms with Crippen molar-refractivity contribution in [3.8, 4) is 0 Å². The average Bonchev–Trinajstić information content (AvgIpc) is 3.20. The van der Waals surface area contributed by atoms with Gasteiger partial charge in [-0.25, -0.2) is 4.98 Å². The van der Waals surface area contributed by atoms with E-state index in [9.17, 15) is 9.59 Å². The number of carbonyl (C=O) groups excluding carboxylic acids is 2. The van der Waals surface area contributed by atoms with Gasteiger partial charge in [0.1, 0.15) is 0 Å². The lowest BCUT2D eigenvalue weighted by molar-refractivity contribution is -0.132. The highest BCUT2D eigenvalue weighted by Gasteiger charge is 2.24. The van der Waals surface area contributed by atoms with Crippen LogP contribution in [-0.4, -0.2) is 57.8 Å². The fraction of sp³-hybridized carbons (Fsp3) is 0.286. The van der Waals surface area contributed by atoms with Crippen molar-refractivity contribution >= 4 is 22.8 Å². The first-order valence-corrected chi connectivity index (χ1v) is 9.25. The lowest BCUT2D eigenvalue weighted by Crippen LogP contribution is -2.50. The molecule has 0 atom stereocenters. The number of nitrogens with zero attached hydrogens (tertiary/aromatic N) is 3. The summed E-state index contributed by atoms with van der Waals surface area (Å²) in [5.41, 5.74) is 3.53. The van der Waals surface area contributed by atoms with Crippen LogP contribution in [0.2, 0.25) is 0 Å². The number of aryl methyl sites for hydroxylation is 1. The molecule has 0 saturated carbocycles. The number of hydrogen-bond acceptors (Lipinski definition) is 3. The molecule has 1 fully saturated rings. The molecular formula is C21H22N4O2. The topological polar surface area (TPSA) is 69.3 Å². The molecule has 6 heteroatoms. The highest BCUT2D eigenvalue weighted by atomic mass is 16.2. The van der Waals surface area contributed by atoms with E-state index < -0.39 is 0 Å². The second kappa shape index (κ2) is 7.61. The van der Waals surface area contributed by atoms with Gasteiger partial charge in [-0.05, 0) is 30.2 Å². The third-order valence-corrected chi connectivity index (χ3v) is 5.06. The Balaban J connectivity index is 1.31. The summed E-state index contributed by atoms with van der Waals surface area (Å²) < 4.78 is 0. The van der Waals surface area contributed by atoms with E-state index in [2.05, 4.69) is 9.97 Å². The van der Waals surface area contributed by atoms with Gasteiger partial charge < -0.3 is 14.8 Å². The summed E-state index contributed by atoms with van der Waals surface area (Å²) in [7, 11) is 0. The fourth-order valence-corrected chi connectivity index (χ4v) is 3.46. The molecule has 3 aromatic rings. The van der Waals surface area contributed by atoms with Crippen LogP contribution in [-0.2, 0) is 11.2 Å². The molecule has 0 radical (unpaired) electrons. The average molecular weight is 362 g/mol. The van der Waals surface area contributed by atoms with Crippen LogP contribution in [0.4, 0.5) is 0 Å². The molecule has 2 heterocycles. The summed E-state index contributed by atoms with van der Waals surface area (Å²) in [5, 5.41) is 0. The lowest BCUT2D eigenvalue weighted by atomic mass is 10.1. The molecule has 2 aromatic carbocycles. The number of imidazole rings is 1. The highest BCUT2D eigenvalue weighted by Crippen LogP contribution is 2.15. The second-order valence-electron chi connectivity index (χ2n) is 6.79. The number of piperazine rings is 1. The molecule has 1 aliphatic rings. The standard InChI is InChI=1S/C21H22N4O2/c26-20(9-6-16-4-2-1-3-5-16)24-10-12-25(13-11-24)21(27)17-7-8-18-19(14-17)23-15-22-18/h1-5,7-8,14-15H,6,9-13H2,(H,22,23). The number of nitrogens with one attached hydrogen (secondary N) is 1. The van der Waals surface area contributed by atoms with E-state index >= 15 is 0 Å². The van der Waals surface area contributed by atoms with Gasteiger partial charge in [0.25, 0.3) is 5.91 Å². The Morgan fingerprint density at radius 1 is 0.963 bits per heavy atom. The summed E-state index contributed by atoms with van der Waals surface area (Å²) in [6.07, 6.45) is 2.89. The van der Waals surface area contributed by atoms with Crippen molar-refractivity contribution in [1.82, 2.24) is 19.8 Å². The van der Waals surface area contributed by atoms with Gasteiger partial charge in [-0.15, -0.1) is 0 Å². The van der Waals surface area contributed by atoms with E-state index in [1.54, 1.807) is 6.33 Å². The number of aromatic amines is 1. The van der Waals surface area contributed by atoms with Crippen LogP contribution >= 0.6 is 0 Å². The third-order valence-electron chi connectivity index (χ3n) is 5.06. The van der Waals surface area contributed by atoms with Gasteiger partial charge in [0.2, 0.25) is 5.91 Å². The Bertz CT molecular complexity index is 943. The van der Waals surface area contributed by atoms with Crippen molar-refractivity contribution in [2.45, 2.75) is 12.8 Å². The fourth-order valence-electron chi connectivity index (χ4n) is 3.46. The van der Waals surface area contributed by atoms with Gasteiger partial charge in [-0.2, -0.15) is 0 Å². The van der Waals surface area contributed by atoms with Gasteiger partial charge in [0.05, 0.1) is 17.4 Å². The summed E-state index contributed by atoms with van der Waals surface area (Å²) in [5.74, 6) is 0.160. The molecule has 0 unspecified atom stereocenters. The predicted octanol–water partition coefficient (Wildman–Crippen LogP) is 2.48. The minimum atomic E-state index is 0.00267. The summed E-state index contributed by atoms with van der Waals surface area (Å²) >= 11 is 0. The van der Waals surface area contributed by atoms with Gasteiger partial charge in [-0.1, -0.05) is 30.3 Å². The smallest absolute Gasteiger partial charge is 0.254 e. The van der Waals surface area contributed by atoms with E-state index in [0.29, 0.717) is 38.2 Å². The monoisotopic (exact) mass is 362 g/mol. The molecule has 1 N–H and O–H groups in total. The van der Waals surface area contributed by atoms with Crippen LogP contribution < -0.4 is 0 Å². The number of carbonyl (C=O) groups is 2. The Kier molecular flexibility index (Phi) is 4.87. The van der Waals surface area contributed by atoms with Gasteiger partial charge in [0.15, 0.2) is 0 Å². The maximum atomic E-state index is 12.7. The molecule has 6 nitrogen and oxygen atoms in total. The van der Waals surface area contributed by atoms with Crippen LogP contribution in [0.1, 0.15) is 22.3 Å². The predicted molar refractivity (Wildman–Crippen MR) is 103 cm³/mol. The van der Waals surface area contributed by atoms with Gasteiger partial charge >= 0.3 is 0 Å². The number of aromatic nitrogens is 2. The number of amides is 2. The van der Waals surface area contributed by atoms with Crippen molar-refractivity contribution in [1.29, 1.82) is 0 Å². The van der Waals surface area contributed by atoms with Crippen molar-refractivity contribution in [2.24, 2.45) is 0 Å². The van der Waals surface area contributed by atoms with Gasteiger partial charge in [-0.3, -0.25) is 9.59 Å². The third kappa shape index (κ3) is 3.84. The minimum Gasteiger partial charge on any atom is -0.345 e. The number of hydrogen-bond donors (Lipinski definition) is 1. The maximum Gasteiger partial charge on any atom is 0.254 e. The molecule has 0 bridgehead atoms. The Hall–Kier alpha value is -3.15. The van der Waals surface area contributed by atoms with E-state index in [0.717, 1.165) is 17.5 Å². The van der Waals surface area contributed by atoms with Crippen molar-refractivity contribution < 1.29 is 9.59 Å². The van der Waals surface area contributed by atoms with Crippen molar-refractivity contribution in [3.05, 3.63) is 66.0 Å². The van der Waals surface area contributed by atoms with Crippen LogP contribution in [0.3, 0.4) is 0 Å². The van der Waals surface area contributed by atoms with Crippen molar-refractivity contribution in [2.75, 3.05) is 26.2 Å². The molecule has 1 aliphatic heterocycles. The lowest BCUT2D eigenvalue weighted by Gasteiger charge is -2.35. The second-order valence-corrected chi connectivity index (χ2v) is 6.79. The van der Waals surface area contributed by atoms with Crippen LogP contribution in [0.25, 0.3) is 11.0 Å². The zero-order valence-electron chi connectivity index (χ0n) is 15.1. The first kappa shape index (κ1) is 17.3. The zero-order valence-corrected chi connectivity index (χ0v) is 15.1. The zero-order chi connectivity index (χ0) is 18.6. The number of benzene rings is 2. The molecule has 0 aliphatic carbocycles. The minimum absolute atomic E-state index is 0.00267. The van der Waals surface area contributed by atoms with E-state index in [1.807, 2.05) is 58.3 Å². The Morgan fingerprint density at radius 2 is 1.70 bits per heavy atom. The SMILES string of the molecule is O=C(CCc1ccccc1)N1CCN(C(=O)c2ccc3nc[nH]c3c2)CC1. The largest absolute Gasteiger partial charge is 0.345 e. The number of fused-ring (bicyclic) bond motifs is 1. The molecule has 1 saturated heterocycles. The first-order valence-electron chi connectivity index (χ1n) is 9.25.